The van der Waals surface area contributed by atoms with Gasteiger partial charge in [0.1, 0.15) is 7.85 Å². The summed E-state index contributed by atoms with van der Waals surface area (Å²) in [4.78, 5) is 13.8. The topological polar surface area (TPSA) is 29.5 Å². The van der Waals surface area contributed by atoms with Crippen LogP contribution in [0.1, 0.15) is 32.3 Å². The lowest BCUT2D eigenvalue weighted by molar-refractivity contribution is 0.122. The van der Waals surface area contributed by atoms with Crippen molar-refractivity contribution in [3.63, 3.8) is 0 Å². The molecular weight excluding hydrogens is 237 g/mol. The molecule has 0 N–H and O–H groups in total. The van der Waals surface area contributed by atoms with E-state index in [1.807, 2.05) is 26.0 Å². The predicted octanol–water partition coefficient (Wildman–Crippen LogP) is 2.64. The molecule has 0 saturated carbocycles. The molecule has 0 aromatic heterocycles. The van der Waals surface area contributed by atoms with E-state index < -0.39 is 0 Å². The first-order valence-electron chi connectivity index (χ1n) is 6.55. The number of rotatable bonds is 1. The Labute approximate surface area is 115 Å². The van der Waals surface area contributed by atoms with Crippen molar-refractivity contribution < 1.29 is 9.53 Å². The predicted molar refractivity (Wildman–Crippen MR) is 79.1 cm³/mol. The van der Waals surface area contributed by atoms with Gasteiger partial charge in [-0.25, -0.2) is 4.79 Å². The van der Waals surface area contributed by atoms with Gasteiger partial charge in [0.2, 0.25) is 0 Å². The van der Waals surface area contributed by atoms with Gasteiger partial charge in [-0.3, -0.25) is 4.90 Å². The van der Waals surface area contributed by atoms with E-state index in [9.17, 15) is 4.79 Å². The van der Waals surface area contributed by atoms with Crippen LogP contribution in [0, 0.1) is 0 Å². The van der Waals surface area contributed by atoms with Gasteiger partial charge in [-0.15, -0.1) is 0 Å². The van der Waals surface area contributed by atoms with Crippen LogP contribution >= 0.6 is 0 Å². The Kier molecular flexibility index (Phi) is 3.98. The number of hydrogen-bond acceptors (Lipinski definition) is 2. The van der Waals surface area contributed by atoms with E-state index in [-0.39, 0.29) is 12.2 Å². The number of allylic oxidation sites excluding steroid dienone is 1. The zero-order valence-electron chi connectivity index (χ0n) is 11.5. The summed E-state index contributed by atoms with van der Waals surface area (Å²) in [5.74, 6) is 0. The maximum Gasteiger partial charge on any atom is 0.414 e. The fourth-order valence-electron chi connectivity index (χ4n) is 2.23. The van der Waals surface area contributed by atoms with E-state index in [4.69, 9.17) is 12.6 Å². The van der Waals surface area contributed by atoms with Crippen LogP contribution in [0.3, 0.4) is 0 Å². The molecule has 0 unspecified atom stereocenters. The van der Waals surface area contributed by atoms with Crippen molar-refractivity contribution in [3.8, 4) is 0 Å². The van der Waals surface area contributed by atoms with Crippen molar-refractivity contribution in [2.45, 2.75) is 32.8 Å². The number of anilines is 1. The molecule has 1 heterocycles. The molecule has 1 aromatic carbocycles. The molecule has 0 spiro atoms. The van der Waals surface area contributed by atoms with Crippen LogP contribution in [0.5, 0.6) is 0 Å². The fourth-order valence-corrected chi connectivity index (χ4v) is 2.23. The highest BCUT2D eigenvalue weighted by molar-refractivity contribution is 6.32. The van der Waals surface area contributed by atoms with Gasteiger partial charge in [-0.2, -0.15) is 0 Å². The molecular formula is C15H18BNO2. The van der Waals surface area contributed by atoms with Crippen LogP contribution in [-0.4, -0.2) is 26.6 Å². The maximum atomic E-state index is 12.2. The van der Waals surface area contributed by atoms with Crippen molar-refractivity contribution in [2.75, 3.05) is 11.4 Å². The zero-order valence-corrected chi connectivity index (χ0v) is 11.5. The second-order valence-corrected chi connectivity index (χ2v) is 5.07. The van der Waals surface area contributed by atoms with Gasteiger partial charge in [-0.1, -0.05) is 24.2 Å². The monoisotopic (exact) mass is 255 g/mol. The first-order chi connectivity index (χ1) is 8.99. The smallest absolute Gasteiger partial charge is 0.414 e. The number of carbonyl (C=O) groups is 1. The van der Waals surface area contributed by atoms with Gasteiger partial charge >= 0.3 is 6.09 Å². The van der Waals surface area contributed by atoms with Gasteiger partial charge in [0.15, 0.2) is 0 Å². The largest absolute Gasteiger partial charge is 0.446 e. The number of hydrogen-bond donors (Lipinski definition) is 0. The van der Waals surface area contributed by atoms with Gasteiger partial charge in [0.05, 0.1) is 11.8 Å². The summed E-state index contributed by atoms with van der Waals surface area (Å²) in [6.45, 7) is 8.41. The Hall–Kier alpha value is -1.71. The van der Waals surface area contributed by atoms with Crippen molar-refractivity contribution in [1.82, 2.24) is 0 Å². The Bertz CT molecular complexity index is 511. The third-order valence-corrected chi connectivity index (χ3v) is 3.11. The minimum Gasteiger partial charge on any atom is -0.446 e. The lowest BCUT2D eigenvalue weighted by Gasteiger charge is -2.23. The van der Waals surface area contributed by atoms with Gasteiger partial charge in [0.25, 0.3) is 0 Å². The van der Waals surface area contributed by atoms with E-state index in [2.05, 4.69) is 6.58 Å². The summed E-state index contributed by atoms with van der Waals surface area (Å²) >= 11 is 0. The van der Waals surface area contributed by atoms with E-state index >= 15 is 0 Å². The third kappa shape index (κ3) is 3.00. The quantitative estimate of drug-likeness (QED) is 0.722. The SMILES string of the molecule is [B]c1ccc2c(c1)C(=C)CCCN2C(=O)OC(C)C. The molecule has 1 amide bonds. The maximum absolute atomic E-state index is 12.2. The molecule has 2 rings (SSSR count). The van der Waals surface area contributed by atoms with E-state index in [1.165, 1.54) is 0 Å². The van der Waals surface area contributed by atoms with Crippen molar-refractivity contribution >= 4 is 30.7 Å². The zero-order chi connectivity index (χ0) is 14.0. The number of nitrogens with zero attached hydrogens (tertiary/aromatic N) is 1. The van der Waals surface area contributed by atoms with Crippen molar-refractivity contribution in [2.24, 2.45) is 0 Å². The Balaban J connectivity index is 2.39. The first kappa shape index (κ1) is 13.7. The molecule has 4 heteroatoms. The van der Waals surface area contributed by atoms with Gasteiger partial charge in [0, 0.05) is 12.1 Å². The lowest BCUT2D eigenvalue weighted by Crippen LogP contribution is -2.34. The summed E-state index contributed by atoms with van der Waals surface area (Å²) in [6, 6.07) is 5.54. The van der Waals surface area contributed by atoms with E-state index in [0.717, 1.165) is 29.7 Å². The number of amides is 1. The summed E-state index contributed by atoms with van der Waals surface area (Å²) < 4.78 is 5.29. The highest BCUT2D eigenvalue weighted by Gasteiger charge is 2.24. The Morgan fingerprint density at radius 2 is 2.21 bits per heavy atom. The second kappa shape index (κ2) is 5.51. The normalized spacial score (nSPS) is 15.1. The summed E-state index contributed by atoms with van der Waals surface area (Å²) in [5.41, 5.74) is 3.47. The minimum atomic E-state index is -0.310. The highest BCUT2D eigenvalue weighted by Crippen LogP contribution is 2.32. The first-order valence-corrected chi connectivity index (χ1v) is 6.55. The molecule has 19 heavy (non-hydrogen) atoms. The van der Waals surface area contributed by atoms with E-state index in [0.29, 0.717) is 12.0 Å². The van der Waals surface area contributed by atoms with Gasteiger partial charge in [-0.05, 0) is 38.3 Å². The third-order valence-electron chi connectivity index (χ3n) is 3.11. The van der Waals surface area contributed by atoms with Crippen LogP contribution in [0.15, 0.2) is 24.8 Å². The molecule has 0 saturated heterocycles. The van der Waals surface area contributed by atoms with Crippen LogP contribution < -0.4 is 10.4 Å². The van der Waals surface area contributed by atoms with Crippen LogP contribution in [0.25, 0.3) is 5.57 Å². The molecule has 0 atom stereocenters. The molecule has 98 valence electrons. The number of benzene rings is 1. The summed E-state index contributed by atoms with van der Waals surface area (Å²) in [7, 11) is 5.82. The van der Waals surface area contributed by atoms with Crippen LogP contribution in [0.2, 0.25) is 0 Å². The molecule has 1 aliphatic heterocycles. The minimum absolute atomic E-state index is 0.129. The number of ether oxygens (including phenoxy) is 1. The van der Waals surface area contributed by atoms with E-state index in [1.54, 1.807) is 11.0 Å². The average molecular weight is 255 g/mol. The Morgan fingerprint density at radius 3 is 2.89 bits per heavy atom. The molecule has 1 aromatic rings. The Morgan fingerprint density at radius 1 is 1.47 bits per heavy atom. The number of fused-ring (bicyclic) bond motifs is 1. The van der Waals surface area contributed by atoms with Crippen molar-refractivity contribution in [3.05, 3.63) is 30.3 Å². The summed E-state index contributed by atoms with van der Waals surface area (Å²) in [5, 5.41) is 0. The van der Waals surface area contributed by atoms with Gasteiger partial charge < -0.3 is 4.74 Å². The summed E-state index contributed by atoms with van der Waals surface area (Å²) in [6.07, 6.45) is 1.30. The molecule has 0 fully saturated rings. The number of carbonyl (C=O) groups excluding carboxylic acids is 1. The molecule has 1 aliphatic rings. The molecule has 2 radical (unpaired) electrons. The standard InChI is InChI=1S/C15H18BNO2/c1-10(2)19-15(18)17-8-4-5-11(3)13-9-12(16)6-7-14(13)17/h6-7,9-10H,3-5,8H2,1-2H3. The van der Waals surface area contributed by atoms with Crippen LogP contribution in [0.4, 0.5) is 10.5 Å². The average Bonchev–Trinajstić information content (AvgIpc) is 2.48. The molecule has 3 nitrogen and oxygen atoms in total. The lowest BCUT2D eigenvalue weighted by atomic mass is 9.91. The molecule has 0 aliphatic carbocycles. The molecule has 0 bridgehead atoms. The fraction of sp³-hybridized carbons (Fsp3) is 0.400. The second-order valence-electron chi connectivity index (χ2n) is 5.07. The van der Waals surface area contributed by atoms with Crippen molar-refractivity contribution in [1.29, 1.82) is 0 Å². The highest BCUT2D eigenvalue weighted by atomic mass is 16.6. The van der Waals surface area contributed by atoms with Crippen LogP contribution in [-0.2, 0) is 4.74 Å².